The van der Waals surface area contributed by atoms with Crippen molar-refractivity contribution in [1.29, 1.82) is 0 Å². The molecular weight excluding hydrogens is 1720 g/mol. The van der Waals surface area contributed by atoms with Crippen molar-refractivity contribution in [2.45, 2.75) is 117 Å². The van der Waals surface area contributed by atoms with Gasteiger partial charge >= 0.3 is 48.2 Å². The maximum atomic E-state index is 12.9. The molecule has 0 bridgehead atoms. The molecule has 4 saturated heterocycles. The Balaban J connectivity index is 0.000000171. The molecule has 5 fully saturated rings. The van der Waals surface area contributed by atoms with Crippen LogP contribution in [0.15, 0.2) is 303 Å². The van der Waals surface area contributed by atoms with E-state index in [1.165, 1.54) is 48.9 Å². The number of thioether (sulfide) groups is 1. The average Bonchev–Trinajstić information content (AvgIpc) is 1.64. The van der Waals surface area contributed by atoms with E-state index in [2.05, 4.69) is 69.9 Å². The van der Waals surface area contributed by atoms with E-state index in [0.29, 0.717) is 96.1 Å². The van der Waals surface area contributed by atoms with E-state index in [1.807, 2.05) is 295 Å². The molecule has 133 heavy (non-hydrogen) atoms. The van der Waals surface area contributed by atoms with Gasteiger partial charge in [0.05, 0.1) is 18.2 Å². The number of urea groups is 8. The lowest BCUT2D eigenvalue weighted by molar-refractivity contribution is 0.0531. The average molecular weight is 1850 g/mol. The van der Waals surface area contributed by atoms with Crippen molar-refractivity contribution < 1.29 is 51.9 Å². The van der Waals surface area contributed by atoms with Gasteiger partial charge in [0.1, 0.15) is 11.6 Å². The number of halogens is 3. The fraction of sp³-hybridized carbons (Fsp3) is 0.288. The summed E-state index contributed by atoms with van der Waals surface area (Å²) in [4.78, 5) is 101. The fourth-order valence-corrected chi connectivity index (χ4v) is 14.4. The van der Waals surface area contributed by atoms with E-state index in [1.54, 1.807) is 4.90 Å². The van der Waals surface area contributed by atoms with Crippen LogP contribution in [-0.4, -0.2) is 151 Å². The van der Waals surface area contributed by atoms with Gasteiger partial charge in [-0.25, -0.2) is 47.1 Å². The molecule has 1 saturated carbocycles. The second-order valence-corrected chi connectivity index (χ2v) is 33.1. The van der Waals surface area contributed by atoms with Gasteiger partial charge in [-0.15, -0.1) is 0 Å². The van der Waals surface area contributed by atoms with Crippen molar-refractivity contribution in [1.82, 2.24) is 67.5 Å². The van der Waals surface area contributed by atoms with Gasteiger partial charge in [-0.1, -0.05) is 260 Å². The molecule has 5 aliphatic rings. The summed E-state index contributed by atoms with van der Waals surface area (Å²) in [6.07, 6.45) is 8.05. The number of aryl methyl sites for hydroxylation is 2. The standard InChI is InChI=1S/C16H18N2O.C14H12ClFN2O.C14H13FN2O.C13H18N2O.C12H16N2O2.C12H16N2OS.C12H16N2O.C11H14N2O/c1-12-8-13(2)10-15(9-12)18-16(19)17-11-14-6-4-3-5-7-14;15-12-8-11(6-7-13(12)16)18-14(19)17-9-10-4-2-1-3-5-10;15-12-6-8-13(9-7-12)17-14(18)16-10-11-4-2-1-3-5-11;16-13(15-9-5-2-6-10-15)14-11-12-7-3-1-4-8-12;2*15-12(14-6-8-16-9-7-14)13-10-11-4-2-1-3-5-11;15-12(14-8-4-5-9-14)13-10-11-6-2-1-3-7-11;14-11(13-10-6-7-10)12-8-9-4-2-1-3-5-9/h3-10H,11H2,1-2H3,(H2,17,18,19);1-8H,9H2,(H2,17,18,19);1-9H,10H2,(H2,16,17,18);1,3-4,7-8H,2,5-6,9-11H2,(H,14,16);2*1-5H,6-10H2,(H,13,15);1-3,6-7H,4-5,8-10H2,(H,13,15);1-5,10H,6-8H2,(H2,12,13,14). The summed E-state index contributed by atoms with van der Waals surface area (Å²) in [6, 6.07) is 94.0. The highest BCUT2D eigenvalue weighted by atomic mass is 35.5. The summed E-state index contributed by atoms with van der Waals surface area (Å²) >= 11 is 7.53. The molecule has 25 nitrogen and oxygen atoms in total. The molecule has 0 spiro atoms. The van der Waals surface area contributed by atoms with Gasteiger partial charge in [0, 0.05) is 139 Å². The first-order valence-corrected chi connectivity index (χ1v) is 46.4. The molecule has 29 heteroatoms. The lowest BCUT2D eigenvalue weighted by Gasteiger charge is -2.26. The number of anilines is 3. The number of piperidine rings is 1. The third kappa shape index (κ3) is 43.6. The quantitative estimate of drug-likeness (QED) is 0.0342. The van der Waals surface area contributed by atoms with Crippen molar-refractivity contribution in [3.63, 3.8) is 0 Å². The number of amides is 16. The third-order valence-electron chi connectivity index (χ3n) is 20.6. The van der Waals surface area contributed by atoms with Crippen LogP contribution in [0.5, 0.6) is 0 Å². The molecule has 4 heterocycles. The van der Waals surface area contributed by atoms with Crippen molar-refractivity contribution in [3.05, 3.63) is 376 Å². The van der Waals surface area contributed by atoms with E-state index in [-0.39, 0.29) is 59.1 Å². The Morgan fingerprint density at radius 1 is 0.316 bits per heavy atom. The van der Waals surface area contributed by atoms with Gasteiger partial charge in [-0.2, -0.15) is 11.8 Å². The predicted molar refractivity (Wildman–Crippen MR) is 528 cm³/mol. The van der Waals surface area contributed by atoms with Gasteiger partial charge in [0.15, 0.2) is 0 Å². The van der Waals surface area contributed by atoms with Crippen LogP contribution in [0.25, 0.3) is 0 Å². The van der Waals surface area contributed by atoms with E-state index < -0.39 is 5.82 Å². The number of carbonyl (C=O) groups excluding carboxylic acids is 8. The molecule has 16 amide bonds. The Morgan fingerprint density at radius 2 is 0.594 bits per heavy atom. The van der Waals surface area contributed by atoms with Crippen LogP contribution < -0.4 is 63.8 Å². The lowest BCUT2D eigenvalue weighted by Crippen LogP contribution is -2.45. The maximum absolute atomic E-state index is 12.9. The fourth-order valence-electron chi connectivity index (χ4n) is 13.3. The molecule has 11 aromatic rings. The second-order valence-electron chi connectivity index (χ2n) is 31.5. The van der Waals surface area contributed by atoms with Crippen molar-refractivity contribution in [2.75, 3.05) is 93.0 Å². The zero-order valence-corrected chi connectivity index (χ0v) is 77.1. The number of rotatable bonds is 20. The molecule has 0 unspecified atom stereocenters. The molecule has 12 N–H and O–H groups in total. The van der Waals surface area contributed by atoms with Crippen LogP contribution in [0.3, 0.4) is 0 Å². The summed E-state index contributed by atoms with van der Waals surface area (Å²) in [5.74, 6) is 1.26. The van der Waals surface area contributed by atoms with Crippen LogP contribution in [0, 0.1) is 25.5 Å². The Morgan fingerprint density at radius 3 is 0.917 bits per heavy atom. The molecule has 4 aliphatic heterocycles. The van der Waals surface area contributed by atoms with E-state index in [9.17, 15) is 47.1 Å². The minimum absolute atomic E-state index is 0.00727. The minimum atomic E-state index is -0.517. The number of hydrogen-bond acceptors (Lipinski definition) is 10. The first kappa shape index (κ1) is 103. The van der Waals surface area contributed by atoms with Crippen LogP contribution in [0.4, 0.5) is 64.2 Å². The number of nitrogens with zero attached hydrogens (tertiary/aromatic N) is 4. The highest BCUT2D eigenvalue weighted by Gasteiger charge is 2.24. The van der Waals surface area contributed by atoms with Gasteiger partial charge < -0.3 is 88.1 Å². The molecule has 0 radical (unpaired) electrons. The summed E-state index contributed by atoms with van der Waals surface area (Å²) in [7, 11) is 0. The Labute approximate surface area is 789 Å². The number of likely N-dealkylation sites (tertiary alicyclic amines) is 2. The monoisotopic (exact) mass is 1840 g/mol. The summed E-state index contributed by atoms with van der Waals surface area (Å²) in [6.45, 7) is 16.4. The van der Waals surface area contributed by atoms with Gasteiger partial charge in [-0.3, -0.25) is 0 Å². The van der Waals surface area contributed by atoms with Crippen LogP contribution in [0.1, 0.15) is 101 Å². The molecule has 11 aromatic carbocycles. The normalized spacial score (nSPS) is 13.2. The Hall–Kier alpha value is -14.0. The van der Waals surface area contributed by atoms with Gasteiger partial charge in [-0.05, 0) is 169 Å². The lowest BCUT2D eigenvalue weighted by atomic mass is 10.1. The third-order valence-corrected chi connectivity index (χ3v) is 21.9. The molecule has 0 aromatic heterocycles. The van der Waals surface area contributed by atoms with E-state index >= 15 is 0 Å². The van der Waals surface area contributed by atoms with Crippen molar-refractivity contribution in [3.8, 4) is 0 Å². The van der Waals surface area contributed by atoms with E-state index in [0.717, 1.165) is 151 Å². The zero-order chi connectivity index (χ0) is 94.1. The summed E-state index contributed by atoms with van der Waals surface area (Å²) in [5.41, 5.74) is 12.9. The Bertz CT molecular complexity index is 5030. The maximum Gasteiger partial charge on any atom is 0.319 e. The predicted octanol–water partition coefficient (Wildman–Crippen LogP) is 19.8. The van der Waals surface area contributed by atoms with Gasteiger partial charge in [0.2, 0.25) is 0 Å². The molecular formula is C104H123ClF2N16O9S. The smallest absolute Gasteiger partial charge is 0.319 e. The summed E-state index contributed by atoms with van der Waals surface area (Å²) < 4.78 is 30.8. The molecule has 16 rings (SSSR count). The second kappa shape index (κ2) is 60.1. The molecule has 700 valence electrons. The first-order chi connectivity index (χ1) is 64.8. The zero-order valence-electron chi connectivity index (χ0n) is 75.5. The molecule has 0 atom stereocenters. The van der Waals surface area contributed by atoms with Crippen LogP contribution in [0.2, 0.25) is 5.02 Å². The molecule has 1 aliphatic carbocycles. The highest BCUT2D eigenvalue weighted by Crippen LogP contribution is 2.22. The van der Waals surface area contributed by atoms with E-state index in [4.69, 9.17) is 16.3 Å². The van der Waals surface area contributed by atoms with Gasteiger partial charge in [0.25, 0.3) is 0 Å². The number of morpholine rings is 1. The number of nitrogens with one attached hydrogen (secondary N) is 12. The van der Waals surface area contributed by atoms with Crippen molar-refractivity contribution in [2.24, 2.45) is 0 Å². The SMILES string of the molecule is Cc1cc(C)cc(NC(=O)NCc2ccccc2)c1.O=C(NCc1ccccc1)N1CCCC1.O=C(NCc1ccccc1)N1CCCCC1.O=C(NCc1ccccc1)N1CCOCC1.O=C(NCc1ccccc1)N1CCSCC1.O=C(NCc1ccccc1)NC1CC1.O=C(NCc1ccccc1)Nc1ccc(F)c(Cl)c1.O=C(NCc1ccccc1)Nc1ccc(F)cc1. The van der Waals surface area contributed by atoms with Crippen LogP contribution >= 0.6 is 23.4 Å². The Kier molecular flexibility index (Phi) is 46.4. The summed E-state index contributed by atoms with van der Waals surface area (Å²) in [5, 5.41) is 33.7. The largest absolute Gasteiger partial charge is 0.378 e. The number of carbonyl (C=O) groups is 8. The number of hydrogen-bond donors (Lipinski definition) is 12. The first-order valence-electron chi connectivity index (χ1n) is 44.9. The number of ether oxygens (including phenoxy) is 1. The topological polar surface area (TPSA) is 303 Å². The highest BCUT2D eigenvalue weighted by molar-refractivity contribution is 7.99. The minimum Gasteiger partial charge on any atom is -0.378 e. The van der Waals surface area contributed by atoms with Crippen LogP contribution in [-0.2, 0) is 57.1 Å². The number of benzene rings is 11. The van der Waals surface area contributed by atoms with Crippen molar-refractivity contribution >= 4 is 88.7 Å².